The second-order valence-electron chi connectivity index (χ2n) is 4.14. The molecule has 0 aliphatic carbocycles. The molecule has 2 nitrogen and oxygen atoms in total. The summed E-state index contributed by atoms with van der Waals surface area (Å²) in [6.07, 6.45) is 1.52. The lowest BCUT2D eigenvalue weighted by Crippen LogP contribution is -2.38. The molecule has 18 heavy (non-hydrogen) atoms. The average Bonchev–Trinajstić information content (AvgIpc) is 2.85. The van der Waals surface area contributed by atoms with Crippen LogP contribution in [0.5, 0.6) is 0 Å². The van der Waals surface area contributed by atoms with Crippen molar-refractivity contribution in [1.82, 2.24) is 5.43 Å². The molecule has 1 aromatic carbocycles. The Balaban J connectivity index is 2.07. The number of hydrazine groups is 1. The van der Waals surface area contributed by atoms with Crippen molar-refractivity contribution in [2.45, 2.75) is 18.9 Å². The molecular formula is C13H14BrFN2S. The van der Waals surface area contributed by atoms with E-state index in [0.29, 0.717) is 6.42 Å². The Labute approximate surface area is 118 Å². The van der Waals surface area contributed by atoms with Crippen LogP contribution in [0.25, 0.3) is 0 Å². The molecule has 1 atom stereocenters. The van der Waals surface area contributed by atoms with Crippen LogP contribution in [0.4, 0.5) is 4.39 Å². The van der Waals surface area contributed by atoms with Gasteiger partial charge >= 0.3 is 0 Å². The van der Waals surface area contributed by atoms with Crippen LogP contribution < -0.4 is 11.3 Å². The minimum Gasteiger partial charge on any atom is -0.271 e. The van der Waals surface area contributed by atoms with E-state index in [-0.39, 0.29) is 11.9 Å². The maximum Gasteiger partial charge on any atom is 0.123 e. The van der Waals surface area contributed by atoms with Crippen LogP contribution >= 0.6 is 27.3 Å². The number of nitrogens with one attached hydrogen (secondary N) is 1. The van der Waals surface area contributed by atoms with Gasteiger partial charge in [0.05, 0.1) is 0 Å². The van der Waals surface area contributed by atoms with Crippen LogP contribution in [0.1, 0.15) is 11.1 Å². The molecule has 2 rings (SSSR count). The Bertz CT molecular complexity index is 502. The van der Waals surface area contributed by atoms with Gasteiger partial charge in [-0.1, -0.05) is 15.9 Å². The van der Waals surface area contributed by atoms with Gasteiger partial charge < -0.3 is 0 Å². The van der Waals surface area contributed by atoms with Gasteiger partial charge in [0.2, 0.25) is 0 Å². The average molecular weight is 329 g/mol. The monoisotopic (exact) mass is 328 g/mol. The first-order valence-electron chi connectivity index (χ1n) is 5.60. The number of rotatable bonds is 5. The van der Waals surface area contributed by atoms with Crippen LogP contribution in [0.15, 0.2) is 39.5 Å². The van der Waals surface area contributed by atoms with Crippen LogP contribution in [-0.2, 0) is 12.8 Å². The Kier molecular flexibility index (Phi) is 4.88. The highest BCUT2D eigenvalue weighted by atomic mass is 79.9. The van der Waals surface area contributed by atoms with E-state index in [1.54, 1.807) is 23.5 Å². The van der Waals surface area contributed by atoms with E-state index in [1.807, 2.05) is 5.38 Å². The molecule has 0 bridgehead atoms. The second kappa shape index (κ2) is 6.43. The Morgan fingerprint density at radius 2 is 2.17 bits per heavy atom. The van der Waals surface area contributed by atoms with Crippen molar-refractivity contribution in [1.29, 1.82) is 0 Å². The van der Waals surface area contributed by atoms with Gasteiger partial charge in [-0.2, -0.15) is 11.3 Å². The van der Waals surface area contributed by atoms with Crippen molar-refractivity contribution in [3.05, 3.63) is 56.4 Å². The van der Waals surface area contributed by atoms with E-state index in [4.69, 9.17) is 5.84 Å². The second-order valence-corrected chi connectivity index (χ2v) is 5.77. The molecule has 0 radical (unpaired) electrons. The molecule has 0 aliphatic rings. The summed E-state index contributed by atoms with van der Waals surface area (Å²) in [6, 6.07) is 6.88. The molecule has 0 fully saturated rings. The van der Waals surface area contributed by atoms with Crippen LogP contribution in [0.3, 0.4) is 0 Å². The van der Waals surface area contributed by atoms with Crippen molar-refractivity contribution < 1.29 is 4.39 Å². The fraction of sp³-hybridized carbons (Fsp3) is 0.231. The normalized spacial score (nSPS) is 12.6. The van der Waals surface area contributed by atoms with E-state index in [9.17, 15) is 4.39 Å². The standard InChI is InChI=1S/C13H14BrFN2S/c14-13-2-1-11(15)6-10(13)7-12(17-16)5-9-3-4-18-8-9/h1-4,6,8,12,17H,5,7,16H2. The molecule has 1 aromatic heterocycles. The summed E-state index contributed by atoms with van der Waals surface area (Å²) in [6.45, 7) is 0. The summed E-state index contributed by atoms with van der Waals surface area (Å²) in [4.78, 5) is 0. The molecule has 1 unspecified atom stereocenters. The smallest absolute Gasteiger partial charge is 0.123 e. The van der Waals surface area contributed by atoms with Gasteiger partial charge in [0, 0.05) is 10.5 Å². The highest BCUT2D eigenvalue weighted by molar-refractivity contribution is 9.10. The lowest BCUT2D eigenvalue weighted by atomic mass is 10.0. The van der Waals surface area contributed by atoms with E-state index in [1.165, 1.54) is 11.6 Å². The van der Waals surface area contributed by atoms with Gasteiger partial charge in [-0.25, -0.2) is 4.39 Å². The number of hydrogen-bond donors (Lipinski definition) is 2. The number of hydrogen-bond acceptors (Lipinski definition) is 3. The molecule has 0 amide bonds. The van der Waals surface area contributed by atoms with Gasteiger partial charge in [0.25, 0.3) is 0 Å². The summed E-state index contributed by atoms with van der Waals surface area (Å²) in [5, 5.41) is 4.14. The van der Waals surface area contributed by atoms with Crippen LogP contribution in [0.2, 0.25) is 0 Å². The number of thiophene rings is 1. The van der Waals surface area contributed by atoms with Gasteiger partial charge in [-0.05, 0) is 59.0 Å². The topological polar surface area (TPSA) is 38.0 Å². The zero-order chi connectivity index (χ0) is 13.0. The van der Waals surface area contributed by atoms with Gasteiger partial charge in [-0.15, -0.1) is 0 Å². The third-order valence-electron chi connectivity index (χ3n) is 2.77. The predicted octanol–water partition coefficient (Wildman–Crippen LogP) is 3.27. The zero-order valence-corrected chi connectivity index (χ0v) is 12.1. The van der Waals surface area contributed by atoms with Crippen molar-refractivity contribution in [2.75, 3.05) is 0 Å². The zero-order valence-electron chi connectivity index (χ0n) is 9.70. The first kappa shape index (κ1) is 13.7. The third-order valence-corrected chi connectivity index (χ3v) is 4.28. The molecular weight excluding hydrogens is 315 g/mol. The van der Waals surface area contributed by atoms with Crippen molar-refractivity contribution in [2.24, 2.45) is 5.84 Å². The molecule has 0 saturated carbocycles. The molecule has 3 N–H and O–H groups in total. The van der Waals surface area contributed by atoms with Crippen LogP contribution in [-0.4, -0.2) is 6.04 Å². The first-order chi connectivity index (χ1) is 8.69. The van der Waals surface area contributed by atoms with Gasteiger partial charge in [0.15, 0.2) is 0 Å². The molecule has 0 spiro atoms. The van der Waals surface area contributed by atoms with E-state index < -0.39 is 0 Å². The Morgan fingerprint density at radius 1 is 1.33 bits per heavy atom. The minimum atomic E-state index is -0.223. The highest BCUT2D eigenvalue weighted by Gasteiger charge is 2.12. The Morgan fingerprint density at radius 3 is 2.83 bits per heavy atom. The lowest BCUT2D eigenvalue weighted by molar-refractivity contribution is 0.520. The molecule has 2 aromatic rings. The molecule has 96 valence electrons. The largest absolute Gasteiger partial charge is 0.271 e. The van der Waals surface area contributed by atoms with E-state index >= 15 is 0 Å². The fourth-order valence-electron chi connectivity index (χ4n) is 1.85. The lowest BCUT2D eigenvalue weighted by Gasteiger charge is -2.16. The number of halogens is 2. The van der Waals surface area contributed by atoms with Crippen molar-refractivity contribution in [3.8, 4) is 0 Å². The molecule has 1 heterocycles. The van der Waals surface area contributed by atoms with Gasteiger partial charge in [0.1, 0.15) is 5.82 Å². The summed E-state index contributed by atoms with van der Waals surface area (Å²) in [7, 11) is 0. The van der Waals surface area contributed by atoms with E-state index in [0.717, 1.165) is 16.5 Å². The first-order valence-corrected chi connectivity index (χ1v) is 7.33. The predicted molar refractivity (Wildman–Crippen MR) is 76.9 cm³/mol. The number of nitrogens with two attached hydrogens (primary N) is 1. The number of benzene rings is 1. The summed E-state index contributed by atoms with van der Waals surface area (Å²) < 4.78 is 14.1. The minimum absolute atomic E-state index is 0.0951. The summed E-state index contributed by atoms with van der Waals surface area (Å²) in [5.74, 6) is 5.35. The summed E-state index contributed by atoms with van der Waals surface area (Å²) >= 11 is 5.10. The molecule has 5 heteroatoms. The van der Waals surface area contributed by atoms with E-state index in [2.05, 4.69) is 32.8 Å². The SMILES string of the molecule is NNC(Cc1ccsc1)Cc1cc(F)ccc1Br. The Hall–Kier alpha value is -0.750. The molecule has 0 saturated heterocycles. The van der Waals surface area contributed by atoms with Gasteiger partial charge in [-0.3, -0.25) is 11.3 Å². The highest BCUT2D eigenvalue weighted by Crippen LogP contribution is 2.20. The maximum atomic E-state index is 13.2. The van der Waals surface area contributed by atoms with Crippen molar-refractivity contribution in [3.63, 3.8) is 0 Å². The fourth-order valence-corrected chi connectivity index (χ4v) is 2.94. The molecule has 0 aliphatic heterocycles. The quantitative estimate of drug-likeness (QED) is 0.653. The third kappa shape index (κ3) is 3.62. The maximum absolute atomic E-state index is 13.2. The van der Waals surface area contributed by atoms with Crippen LogP contribution in [0, 0.1) is 5.82 Å². The summed E-state index contributed by atoms with van der Waals surface area (Å²) in [5.41, 5.74) is 4.97. The van der Waals surface area contributed by atoms with Crippen molar-refractivity contribution >= 4 is 27.3 Å².